The first-order valence-corrected chi connectivity index (χ1v) is 11.8. The third-order valence-electron chi connectivity index (χ3n) is 7.30. The molecule has 1 N–H and O–H groups in total. The van der Waals surface area contributed by atoms with Crippen molar-refractivity contribution < 1.29 is 22.8 Å². The normalized spacial score (nSPS) is 22.3. The lowest BCUT2D eigenvalue weighted by Gasteiger charge is -2.33. The molecule has 1 aromatic carbocycles. The Bertz CT molecular complexity index is 863. The minimum Gasteiger partial charge on any atom is -0.385 e. The van der Waals surface area contributed by atoms with Gasteiger partial charge in [-0.25, -0.2) is 0 Å². The van der Waals surface area contributed by atoms with Gasteiger partial charge in [-0.15, -0.1) is 0 Å². The maximum atomic E-state index is 12.6. The third kappa shape index (κ3) is 5.00. The zero-order valence-electron chi connectivity index (χ0n) is 18.0. The highest BCUT2D eigenvalue weighted by molar-refractivity contribution is 6.34. The molecule has 2 aliphatic heterocycles. The van der Waals surface area contributed by atoms with Crippen LogP contribution in [0.2, 0.25) is 5.02 Å². The highest BCUT2D eigenvalue weighted by Gasteiger charge is 2.55. The van der Waals surface area contributed by atoms with Gasteiger partial charge in [0, 0.05) is 38.4 Å². The molecule has 1 aliphatic carbocycles. The van der Waals surface area contributed by atoms with Gasteiger partial charge in [0.05, 0.1) is 10.6 Å². The van der Waals surface area contributed by atoms with E-state index in [0.717, 1.165) is 62.3 Å². The summed E-state index contributed by atoms with van der Waals surface area (Å²) in [7, 11) is 0. The molecule has 2 heterocycles. The van der Waals surface area contributed by atoms with Crippen LogP contribution < -0.4 is 5.32 Å². The molecule has 1 saturated carbocycles. The lowest BCUT2D eigenvalue weighted by atomic mass is 9.89. The molecular formula is C23H29ClF3N3O2. The van der Waals surface area contributed by atoms with Crippen molar-refractivity contribution in [1.29, 1.82) is 0 Å². The quantitative estimate of drug-likeness (QED) is 0.597. The predicted molar refractivity (Wildman–Crippen MR) is 117 cm³/mol. The molecule has 176 valence electrons. The maximum Gasteiger partial charge on any atom is 0.471 e. The molecule has 2 amide bonds. The lowest BCUT2D eigenvalue weighted by molar-refractivity contribution is -0.187. The second-order valence-corrected chi connectivity index (χ2v) is 9.72. The average Bonchev–Trinajstić information content (AvgIpc) is 3.14. The van der Waals surface area contributed by atoms with E-state index in [9.17, 15) is 22.8 Å². The van der Waals surface area contributed by atoms with Crippen molar-refractivity contribution >= 4 is 29.1 Å². The molecule has 0 bridgehead atoms. The minimum absolute atomic E-state index is 0.0129. The van der Waals surface area contributed by atoms with E-state index in [1.165, 1.54) is 0 Å². The fourth-order valence-corrected chi connectivity index (χ4v) is 5.52. The number of piperidine rings is 1. The maximum absolute atomic E-state index is 12.6. The van der Waals surface area contributed by atoms with Gasteiger partial charge in [0.1, 0.15) is 0 Å². The van der Waals surface area contributed by atoms with Crippen LogP contribution >= 0.6 is 11.6 Å². The summed E-state index contributed by atoms with van der Waals surface area (Å²) in [6, 6.07) is 5.44. The summed E-state index contributed by atoms with van der Waals surface area (Å²) >= 11 is 6.35. The third-order valence-corrected chi connectivity index (χ3v) is 7.61. The molecule has 0 radical (unpaired) electrons. The Morgan fingerprint density at radius 1 is 1.09 bits per heavy atom. The standard InChI is InChI=1S/C23H29ClF3N3O2/c24-19-14-17(5-6-18(19)20(31)29-10-1-2-11-29)28-9-3-4-16-15-22(16)7-12-30(13-8-22)21(32)23(25,26)27/h5-6,14,16,28H,1-4,7-13,15H2/t16-/m1/s1. The molecule has 1 atom stereocenters. The second-order valence-electron chi connectivity index (χ2n) is 9.32. The summed E-state index contributed by atoms with van der Waals surface area (Å²) in [5, 5.41) is 3.80. The number of benzene rings is 1. The Labute approximate surface area is 191 Å². The topological polar surface area (TPSA) is 52.7 Å². The number of hydrogen-bond donors (Lipinski definition) is 1. The van der Waals surface area contributed by atoms with E-state index in [0.29, 0.717) is 29.3 Å². The van der Waals surface area contributed by atoms with Gasteiger partial charge in [0.25, 0.3) is 5.91 Å². The highest BCUT2D eigenvalue weighted by atomic mass is 35.5. The van der Waals surface area contributed by atoms with Crippen LogP contribution in [0.5, 0.6) is 0 Å². The van der Waals surface area contributed by atoms with Crippen molar-refractivity contribution in [1.82, 2.24) is 9.80 Å². The van der Waals surface area contributed by atoms with Crippen LogP contribution in [0.4, 0.5) is 18.9 Å². The van der Waals surface area contributed by atoms with Crippen LogP contribution in [-0.2, 0) is 4.79 Å². The second kappa shape index (κ2) is 9.12. The van der Waals surface area contributed by atoms with Crippen LogP contribution in [0.25, 0.3) is 0 Å². The number of alkyl halides is 3. The first-order valence-electron chi connectivity index (χ1n) is 11.4. The fourth-order valence-electron chi connectivity index (χ4n) is 5.26. The average molecular weight is 472 g/mol. The molecule has 0 aromatic heterocycles. The Morgan fingerprint density at radius 3 is 2.41 bits per heavy atom. The number of carbonyl (C=O) groups excluding carboxylic acids is 2. The summed E-state index contributed by atoms with van der Waals surface area (Å²) in [4.78, 5) is 26.7. The Hall–Kier alpha value is -1.96. The Morgan fingerprint density at radius 2 is 1.78 bits per heavy atom. The molecule has 3 fully saturated rings. The van der Waals surface area contributed by atoms with Crippen LogP contribution in [0, 0.1) is 11.3 Å². The number of hydrogen-bond acceptors (Lipinski definition) is 3. The van der Waals surface area contributed by atoms with E-state index in [-0.39, 0.29) is 24.4 Å². The van der Waals surface area contributed by atoms with Gasteiger partial charge >= 0.3 is 12.1 Å². The first-order chi connectivity index (χ1) is 15.2. The minimum atomic E-state index is -4.78. The van der Waals surface area contributed by atoms with Crippen molar-refractivity contribution in [2.45, 2.75) is 51.1 Å². The van der Waals surface area contributed by atoms with Gasteiger partial charge in [0.15, 0.2) is 0 Å². The van der Waals surface area contributed by atoms with Gasteiger partial charge in [0.2, 0.25) is 0 Å². The van der Waals surface area contributed by atoms with Crippen LogP contribution in [0.1, 0.15) is 55.3 Å². The van der Waals surface area contributed by atoms with Crippen molar-refractivity contribution in [3.63, 3.8) is 0 Å². The van der Waals surface area contributed by atoms with Gasteiger partial charge in [-0.05, 0) is 74.5 Å². The number of likely N-dealkylation sites (tertiary alicyclic amines) is 2. The molecule has 1 aromatic rings. The van der Waals surface area contributed by atoms with Crippen molar-refractivity contribution in [2.24, 2.45) is 11.3 Å². The Balaban J connectivity index is 1.18. The molecule has 9 heteroatoms. The molecule has 32 heavy (non-hydrogen) atoms. The van der Waals surface area contributed by atoms with Crippen LogP contribution in [0.15, 0.2) is 18.2 Å². The summed E-state index contributed by atoms with van der Waals surface area (Å²) < 4.78 is 37.8. The zero-order chi connectivity index (χ0) is 22.9. The first kappa shape index (κ1) is 23.2. The van der Waals surface area contributed by atoms with Gasteiger partial charge in [-0.2, -0.15) is 13.2 Å². The summed E-state index contributed by atoms with van der Waals surface area (Å²) in [6.45, 7) is 2.74. The van der Waals surface area contributed by atoms with Crippen LogP contribution in [0.3, 0.4) is 0 Å². The van der Waals surface area contributed by atoms with Gasteiger partial charge in [-0.1, -0.05) is 11.6 Å². The Kier molecular flexibility index (Phi) is 6.61. The predicted octanol–water partition coefficient (Wildman–Crippen LogP) is 4.96. The zero-order valence-corrected chi connectivity index (χ0v) is 18.8. The largest absolute Gasteiger partial charge is 0.471 e. The van der Waals surface area contributed by atoms with E-state index in [4.69, 9.17) is 11.6 Å². The fraction of sp³-hybridized carbons (Fsp3) is 0.652. The number of rotatable bonds is 6. The van der Waals surface area contributed by atoms with Crippen molar-refractivity contribution in [3.8, 4) is 0 Å². The monoisotopic (exact) mass is 471 g/mol. The van der Waals surface area contributed by atoms with E-state index in [1.54, 1.807) is 12.1 Å². The summed E-state index contributed by atoms with van der Waals surface area (Å²) in [5.74, 6) is -1.20. The number of amides is 2. The van der Waals surface area contributed by atoms with Crippen LogP contribution in [-0.4, -0.2) is 60.5 Å². The van der Waals surface area contributed by atoms with E-state index >= 15 is 0 Å². The van der Waals surface area contributed by atoms with E-state index in [2.05, 4.69) is 5.32 Å². The lowest BCUT2D eigenvalue weighted by Crippen LogP contribution is -2.46. The summed E-state index contributed by atoms with van der Waals surface area (Å²) in [5.41, 5.74) is 1.54. The molecule has 5 nitrogen and oxygen atoms in total. The number of carbonyl (C=O) groups is 2. The molecule has 1 spiro atoms. The molecule has 4 rings (SSSR count). The molecule has 0 unspecified atom stereocenters. The molecule has 2 saturated heterocycles. The number of nitrogens with one attached hydrogen (secondary N) is 1. The van der Waals surface area contributed by atoms with Crippen molar-refractivity contribution in [3.05, 3.63) is 28.8 Å². The number of anilines is 1. The smallest absolute Gasteiger partial charge is 0.385 e. The molecule has 3 aliphatic rings. The summed E-state index contributed by atoms with van der Waals surface area (Å²) in [6.07, 6.45) is 1.62. The number of halogens is 4. The molecular weight excluding hydrogens is 443 g/mol. The van der Waals surface area contributed by atoms with Gasteiger partial charge < -0.3 is 15.1 Å². The SMILES string of the molecule is O=C(c1ccc(NCCC[C@@H]2CC23CCN(C(=O)C(F)(F)F)CC3)cc1Cl)N1CCCC1. The number of nitrogens with zero attached hydrogens (tertiary/aromatic N) is 2. The van der Waals surface area contributed by atoms with E-state index < -0.39 is 12.1 Å². The highest BCUT2D eigenvalue weighted by Crippen LogP contribution is 2.61. The van der Waals surface area contributed by atoms with E-state index in [1.807, 2.05) is 11.0 Å². The van der Waals surface area contributed by atoms with Crippen molar-refractivity contribution in [2.75, 3.05) is 38.0 Å². The van der Waals surface area contributed by atoms with Gasteiger partial charge in [-0.3, -0.25) is 9.59 Å².